The van der Waals surface area contributed by atoms with Crippen LogP contribution in [0, 0.1) is 23.5 Å². The minimum Gasteiger partial charge on any atom is -0.488 e. The van der Waals surface area contributed by atoms with Gasteiger partial charge < -0.3 is 14.6 Å². The first-order valence-electron chi connectivity index (χ1n) is 9.19. The smallest absolute Gasteiger partial charge is 0.333 e. The van der Waals surface area contributed by atoms with Crippen LogP contribution >= 0.6 is 15.9 Å². The molecule has 0 amide bonds. The molecule has 0 spiro atoms. The summed E-state index contributed by atoms with van der Waals surface area (Å²) in [5.74, 6) is 3.77. The molecule has 0 saturated carbocycles. The topological polar surface area (TPSA) is 55.8 Å². The molecule has 1 N–H and O–H groups in total. The monoisotopic (exact) mass is 478 g/mol. The second kappa shape index (κ2) is 11.5. The molecule has 0 aliphatic heterocycles. The molecule has 2 aromatic carbocycles. The Hall–Kier alpha value is -2.69. The van der Waals surface area contributed by atoms with Crippen molar-refractivity contribution in [2.75, 3.05) is 13.2 Å². The van der Waals surface area contributed by atoms with Crippen LogP contribution in [0.4, 0.5) is 8.78 Å². The lowest BCUT2D eigenvalue weighted by molar-refractivity contribution is -0.149. The maximum absolute atomic E-state index is 13.2. The molecule has 4 nitrogen and oxygen atoms in total. The van der Waals surface area contributed by atoms with Gasteiger partial charge in [0.05, 0.1) is 4.47 Å². The Bertz CT molecular complexity index is 972. The quantitative estimate of drug-likeness (QED) is 0.533. The molecule has 1 unspecified atom stereocenters. The van der Waals surface area contributed by atoms with E-state index in [0.29, 0.717) is 22.4 Å². The van der Waals surface area contributed by atoms with Crippen molar-refractivity contribution in [2.45, 2.75) is 26.4 Å². The van der Waals surface area contributed by atoms with E-state index in [9.17, 15) is 18.7 Å². The summed E-state index contributed by atoms with van der Waals surface area (Å²) in [6.45, 7) is 4.08. The maximum atomic E-state index is 13.2. The highest BCUT2D eigenvalue weighted by atomic mass is 79.9. The van der Waals surface area contributed by atoms with Crippen LogP contribution in [0.5, 0.6) is 5.75 Å². The van der Waals surface area contributed by atoms with Crippen molar-refractivity contribution in [1.29, 1.82) is 0 Å². The number of rotatable bonds is 8. The van der Waals surface area contributed by atoms with E-state index in [0.717, 1.165) is 11.6 Å². The molecule has 7 heteroatoms. The summed E-state index contributed by atoms with van der Waals surface area (Å²) in [4.78, 5) is 11.2. The van der Waals surface area contributed by atoms with Crippen molar-refractivity contribution < 1.29 is 28.2 Å². The van der Waals surface area contributed by atoms with E-state index in [1.165, 1.54) is 12.1 Å². The van der Waals surface area contributed by atoms with Crippen LogP contribution in [0.1, 0.15) is 25.0 Å². The van der Waals surface area contributed by atoms with E-state index in [1.807, 2.05) is 0 Å². The van der Waals surface area contributed by atoms with Crippen molar-refractivity contribution in [3.63, 3.8) is 0 Å². The van der Waals surface area contributed by atoms with Gasteiger partial charge in [-0.1, -0.05) is 17.9 Å². The minimum absolute atomic E-state index is 0.243. The summed E-state index contributed by atoms with van der Waals surface area (Å²) < 4.78 is 38.0. The number of carboxylic acid groups (broad SMARTS) is 1. The predicted molar refractivity (Wildman–Crippen MR) is 113 cm³/mol. The van der Waals surface area contributed by atoms with E-state index < -0.39 is 23.7 Å². The van der Waals surface area contributed by atoms with Crippen LogP contribution in [0.3, 0.4) is 0 Å². The normalized spacial score (nSPS) is 12.1. The maximum Gasteiger partial charge on any atom is 0.333 e. The van der Waals surface area contributed by atoms with Crippen molar-refractivity contribution in [2.24, 2.45) is 0 Å². The highest BCUT2D eigenvalue weighted by Gasteiger charge is 2.18. The molecule has 0 aliphatic carbocycles. The van der Waals surface area contributed by atoms with E-state index in [1.54, 1.807) is 38.1 Å². The van der Waals surface area contributed by atoms with Crippen LogP contribution in [0.15, 0.2) is 52.5 Å². The average molecular weight is 479 g/mol. The molecule has 158 valence electrons. The first-order valence-corrected chi connectivity index (χ1v) is 9.98. The lowest BCUT2D eigenvalue weighted by Gasteiger charge is -2.13. The second-order valence-corrected chi connectivity index (χ2v) is 7.21. The number of benzene rings is 2. The van der Waals surface area contributed by atoms with Gasteiger partial charge >= 0.3 is 5.97 Å². The molecule has 0 heterocycles. The molecule has 0 aliphatic rings. The lowest BCUT2D eigenvalue weighted by atomic mass is 10.1. The largest absolute Gasteiger partial charge is 0.488 e. The third kappa shape index (κ3) is 7.62. The fourth-order valence-electron chi connectivity index (χ4n) is 2.53. The Labute approximate surface area is 182 Å². The first kappa shape index (κ1) is 23.6. The number of carboxylic acids is 1. The summed E-state index contributed by atoms with van der Waals surface area (Å²) in [6.07, 6.45) is 1.10. The Balaban J connectivity index is 1.97. The third-order valence-corrected chi connectivity index (χ3v) is 4.58. The Morgan fingerprint density at radius 3 is 2.53 bits per heavy atom. The fraction of sp³-hybridized carbons (Fsp3) is 0.261. The zero-order valence-corrected chi connectivity index (χ0v) is 18.1. The summed E-state index contributed by atoms with van der Waals surface area (Å²) in [5, 5.41) is 9.19. The molecule has 0 aromatic heterocycles. The molecule has 2 aromatic rings. The van der Waals surface area contributed by atoms with Crippen LogP contribution in [-0.4, -0.2) is 30.4 Å². The molecular weight excluding hydrogens is 458 g/mol. The molecule has 0 bridgehead atoms. The van der Waals surface area contributed by atoms with Gasteiger partial charge in [-0.2, -0.15) is 0 Å². The minimum atomic E-state index is -1.00. The van der Waals surface area contributed by atoms with Crippen LogP contribution in [0.2, 0.25) is 0 Å². The Kier molecular flexibility index (Phi) is 9.03. The zero-order chi connectivity index (χ0) is 22.1. The number of hydrogen-bond donors (Lipinski definition) is 1. The van der Waals surface area contributed by atoms with Gasteiger partial charge in [-0.3, -0.25) is 0 Å². The molecule has 30 heavy (non-hydrogen) atoms. The second-order valence-electron chi connectivity index (χ2n) is 6.36. The van der Waals surface area contributed by atoms with Crippen molar-refractivity contribution in [1.82, 2.24) is 0 Å². The number of hydrogen-bond acceptors (Lipinski definition) is 3. The van der Waals surface area contributed by atoms with Gasteiger partial charge in [0.15, 0.2) is 6.10 Å². The highest BCUT2D eigenvalue weighted by Crippen LogP contribution is 2.27. The average Bonchev–Trinajstić information content (AvgIpc) is 2.67. The standard InChI is InChI=1S/C23H21BrF2O4/c1-3-29-22(23(27)28)13-17-6-7-21(20(24)12-17)30-9-8-15(2)4-5-16-10-18(25)14-19(26)11-16/h6-8,10-12,14,22H,3,9,13H2,1-2H3,(H,27,28). The van der Waals surface area contributed by atoms with Gasteiger partial charge in [-0.15, -0.1) is 0 Å². The number of halogens is 3. The van der Waals surface area contributed by atoms with E-state index in [4.69, 9.17) is 9.47 Å². The SMILES string of the molecule is CCOC(Cc1ccc(OCC=C(C)C#Cc2cc(F)cc(F)c2)c(Br)c1)C(=O)O. The van der Waals surface area contributed by atoms with E-state index in [-0.39, 0.29) is 18.6 Å². The van der Waals surface area contributed by atoms with Gasteiger partial charge in [0.25, 0.3) is 0 Å². The van der Waals surface area contributed by atoms with Gasteiger partial charge in [0, 0.05) is 24.7 Å². The summed E-state index contributed by atoms with van der Waals surface area (Å²) >= 11 is 3.42. The fourth-order valence-corrected chi connectivity index (χ4v) is 3.07. The predicted octanol–water partition coefficient (Wildman–Crippen LogP) is 5.14. The Morgan fingerprint density at radius 2 is 1.93 bits per heavy atom. The number of carbonyl (C=O) groups is 1. The van der Waals surface area contributed by atoms with Crippen molar-refractivity contribution >= 4 is 21.9 Å². The van der Waals surface area contributed by atoms with E-state index in [2.05, 4.69) is 27.8 Å². The third-order valence-electron chi connectivity index (χ3n) is 3.96. The Morgan fingerprint density at radius 1 is 1.23 bits per heavy atom. The summed E-state index contributed by atoms with van der Waals surface area (Å²) in [5.41, 5.74) is 1.75. The van der Waals surface area contributed by atoms with E-state index >= 15 is 0 Å². The zero-order valence-electron chi connectivity index (χ0n) is 16.5. The van der Waals surface area contributed by atoms with Crippen LogP contribution in [-0.2, 0) is 16.0 Å². The molecule has 0 saturated heterocycles. The van der Waals surface area contributed by atoms with Gasteiger partial charge in [-0.25, -0.2) is 13.6 Å². The molecule has 0 radical (unpaired) electrons. The molecule has 2 rings (SSSR count). The van der Waals surface area contributed by atoms with Crippen molar-refractivity contribution in [3.8, 4) is 17.6 Å². The number of allylic oxidation sites excluding steroid dienone is 1. The van der Waals surface area contributed by atoms with Gasteiger partial charge in [0.2, 0.25) is 0 Å². The molecule has 1 atom stereocenters. The number of aliphatic carboxylic acids is 1. The molecular formula is C23H21BrF2O4. The molecule has 0 fully saturated rings. The summed E-state index contributed by atoms with van der Waals surface area (Å²) in [7, 11) is 0. The first-order chi connectivity index (χ1) is 14.3. The number of ether oxygens (including phenoxy) is 2. The van der Waals surface area contributed by atoms with Crippen LogP contribution in [0.25, 0.3) is 0 Å². The van der Waals surface area contributed by atoms with Crippen LogP contribution < -0.4 is 4.74 Å². The van der Waals surface area contributed by atoms with Crippen molar-refractivity contribution in [3.05, 3.63) is 75.3 Å². The lowest BCUT2D eigenvalue weighted by Crippen LogP contribution is -2.26. The summed E-state index contributed by atoms with van der Waals surface area (Å²) in [6, 6.07) is 8.44. The highest BCUT2D eigenvalue weighted by molar-refractivity contribution is 9.10. The van der Waals surface area contributed by atoms with Gasteiger partial charge in [-0.05, 0) is 71.3 Å². The van der Waals surface area contributed by atoms with Gasteiger partial charge in [0.1, 0.15) is 24.0 Å².